The van der Waals surface area contributed by atoms with Crippen molar-refractivity contribution in [1.82, 2.24) is 10.6 Å². The fourth-order valence-corrected chi connectivity index (χ4v) is 2.96. The van der Waals surface area contributed by atoms with E-state index in [1.807, 2.05) is 6.07 Å². The van der Waals surface area contributed by atoms with E-state index in [0.717, 1.165) is 83.1 Å². The zero-order chi connectivity index (χ0) is 18.5. The summed E-state index contributed by atoms with van der Waals surface area (Å²) in [4.78, 5) is 4.22. The summed E-state index contributed by atoms with van der Waals surface area (Å²) in [6.07, 6.45) is 4.96. The Kier molecular flexibility index (Phi) is 10.1. The Balaban J connectivity index is 1.47. The summed E-state index contributed by atoms with van der Waals surface area (Å²) < 4.78 is 24.2. The molecule has 0 bridgehead atoms. The number of aliphatic imine (C=N–C) groups is 1. The van der Waals surface area contributed by atoms with Crippen molar-refractivity contribution in [2.24, 2.45) is 10.9 Å². The molecule has 0 spiro atoms. The first-order chi connectivity index (χ1) is 12.8. The van der Waals surface area contributed by atoms with Crippen molar-refractivity contribution in [1.29, 1.82) is 0 Å². The lowest BCUT2D eigenvalue weighted by molar-refractivity contribution is 0.0203. The maximum atomic E-state index is 13.1. The van der Waals surface area contributed by atoms with Crippen LogP contribution in [0, 0.1) is 11.7 Å². The summed E-state index contributed by atoms with van der Waals surface area (Å²) in [5.74, 6) is 1.28. The summed E-state index contributed by atoms with van der Waals surface area (Å²) in [6.45, 7) is 4.98. The molecule has 1 saturated heterocycles. The third-order valence-corrected chi connectivity index (χ3v) is 4.50. The van der Waals surface area contributed by atoms with Crippen LogP contribution < -0.4 is 10.6 Å². The summed E-state index contributed by atoms with van der Waals surface area (Å²) in [6, 6.07) is 6.77. The van der Waals surface area contributed by atoms with Gasteiger partial charge < -0.3 is 20.1 Å². The van der Waals surface area contributed by atoms with Crippen LogP contribution in [-0.2, 0) is 15.9 Å². The SMILES string of the molecule is CN=C(NCCCOCC1CCOCC1)NCCCc1cccc(F)c1. The average molecular weight is 365 g/mol. The van der Waals surface area contributed by atoms with Crippen LogP contribution in [0.15, 0.2) is 29.3 Å². The van der Waals surface area contributed by atoms with Gasteiger partial charge >= 0.3 is 0 Å². The van der Waals surface area contributed by atoms with Crippen molar-refractivity contribution in [3.63, 3.8) is 0 Å². The smallest absolute Gasteiger partial charge is 0.190 e. The van der Waals surface area contributed by atoms with Crippen molar-refractivity contribution in [3.8, 4) is 0 Å². The summed E-state index contributed by atoms with van der Waals surface area (Å²) >= 11 is 0. The number of hydrogen-bond acceptors (Lipinski definition) is 3. The molecule has 5 nitrogen and oxygen atoms in total. The number of guanidine groups is 1. The van der Waals surface area contributed by atoms with Gasteiger partial charge in [0.05, 0.1) is 0 Å². The van der Waals surface area contributed by atoms with Gasteiger partial charge in [0.2, 0.25) is 0 Å². The Morgan fingerprint density at radius 1 is 1.23 bits per heavy atom. The van der Waals surface area contributed by atoms with Crippen molar-refractivity contribution >= 4 is 5.96 Å². The zero-order valence-corrected chi connectivity index (χ0v) is 15.8. The van der Waals surface area contributed by atoms with Crippen molar-refractivity contribution in [2.45, 2.75) is 32.1 Å². The lowest BCUT2D eigenvalue weighted by Crippen LogP contribution is -2.38. The van der Waals surface area contributed by atoms with E-state index in [0.29, 0.717) is 5.92 Å². The number of benzene rings is 1. The predicted molar refractivity (Wildman–Crippen MR) is 103 cm³/mol. The molecule has 0 amide bonds. The lowest BCUT2D eigenvalue weighted by Gasteiger charge is -2.21. The summed E-state index contributed by atoms with van der Waals surface area (Å²) in [5.41, 5.74) is 1.02. The monoisotopic (exact) mass is 365 g/mol. The van der Waals surface area contributed by atoms with Gasteiger partial charge in [-0.3, -0.25) is 4.99 Å². The first kappa shape index (κ1) is 20.6. The number of nitrogens with one attached hydrogen (secondary N) is 2. The predicted octanol–water partition coefficient (Wildman–Crippen LogP) is 2.76. The normalized spacial score (nSPS) is 15.8. The highest BCUT2D eigenvalue weighted by Crippen LogP contribution is 2.14. The Labute approximate surface area is 156 Å². The van der Waals surface area contributed by atoms with E-state index in [1.165, 1.54) is 6.07 Å². The molecule has 1 aromatic carbocycles. The highest BCUT2D eigenvalue weighted by molar-refractivity contribution is 5.79. The van der Waals surface area contributed by atoms with Crippen LogP contribution in [0.3, 0.4) is 0 Å². The quantitative estimate of drug-likeness (QED) is 0.380. The average Bonchev–Trinajstić information content (AvgIpc) is 2.67. The standard InChI is InChI=1S/C20H32FN3O2/c1-22-20(23-10-3-6-17-5-2-7-19(21)15-17)24-11-4-12-26-16-18-8-13-25-14-9-18/h2,5,7,15,18H,3-4,6,8-14,16H2,1H3,(H2,22,23,24). The molecular weight excluding hydrogens is 333 g/mol. The second kappa shape index (κ2) is 12.7. The fraction of sp³-hybridized carbons (Fsp3) is 0.650. The maximum absolute atomic E-state index is 13.1. The largest absolute Gasteiger partial charge is 0.381 e. The molecule has 1 heterocycles. The number of halogens is 1. The molecule has 1 aromatic rings. The fourth-order valence-electron chi connectivity index (χ4n) is 2.96. The molecule has 1 aliphatic heterocycles. The molecule has 0 unspecified atom stereocenters. The van der Waals surface area contributed by atoms with Crippen LogP contribution in [-0.4, -0.2) is 52.5 Å². The van der Waals surface area contributed by atoms with Gasteiger partial charge in [-0.2, -0.15) is 0 Å². The van der Waals surface area contributed by atoms with E-state index in [9.17, 15) is 4.39 Å². The molecule has 0 atom stereocenters. The van der Waals surface area contributed by atoms with Crippen molar-refractivity contribution in [2.75, 3.05) is 46.6 Å². The molecule has 6 heteroatoms. The maximum Gasteiger partial charge on any atom is 0.190 e. The van der Waals surface area contributed by atoms with Gasteiger partial charge in [-0.25, -0.2) is 4.39 Å². The second-order valence-electron chi connectivity index (χ2n) is 6.64. The van der Waals surface area contributed by atoms with Gasteiger partial charge in [-0.1, -0.05) is 12.1 Å². The zero-order valence-electron chi connectivity index (χ0n) is 15.8. The third-order valence-electron chi connectivity index (χ3n) is 4.50. The number of aryl methyl sites for hydroxylation is 1. The lowest BCUT2D eigenvalue weighted by atomic mass is 10.0. The van der Waals surface area contributed by atoms with E-state index in [4.69, 9.17) is 9.47 Å². The molecule has 2 rings (SSSR count). The highest BCUT2D eigenvalue weighted by atomic mass is 19.1. The number of ether oxygens (including phenoxy) is 2. The van der Waals surface area contributed by atoms with Gasteiger partial charge in [0.15, 0.2) is 5.96 Å². The third kappa shape index (κ3) is 8.63. The minimum Gasteiger partial charge on any atom is -0.381 e. The minimum atomic E-state index is -0.174. The van der Waals surface area contributed by atoms with Gasteiger partial charge in [-0.05, 0) is 55.7 Å². The van der Waals surface area contributed by atoms with Crippen LogP contribution in [0.2, 0.25) is 0 Å². The molecule has 0 aromatic heterocycles. The van der Waals surface area contributed by atoms with E-state index in [-0.39, 0.29) is 5.82 Å². The van der Waals surface area contributed by atoms with E-state index in [2.05, 4.69) is 15.6 Å². The van der Waals surface area contributed by atoms with Crippen LogP contribution in [0.5, 0.6) is 0 Å². The summed E-state index contributed by atoms with van der Waals surface area (Å²) in [7, 11) is 1.77. The Morgan fingerprint density at radius 2 is 2.00 bits per heavy atom. The number of nitrogens with zero attached hydrogens (tertiary/aromatic N) is 1. The topological polar surface area (TPSA) is 54.9 Å². The van der Waals surface area contributed by atoms with Crippen molar-refractivity contribution in [3.05, 3.63) is 35.6 Å². The molecule has 2 N–H and O–H groups in total. The van der Waals surface area contributed by atoms with E-state index >= 15 is 0 Å². The Bertz CT molecular complexity index is 534. The summed E-state index contributed by atoms with van der Waals surface area (Å²) in [5, 5.41) is 6.58. The molecule has 0 saturated carbocycles. The minimum absolute atomic E-state index is 0.174. The van der Waals surface area contributed by atoms with Gasteiger partial charge in [0, 0.05) is 46.6 Å². The van der Waals surface area contributed by atoms with Crippen molar-refractivity contribution < 1.29 is 13.9 Å². The first-order valence-electron chi connectivity index (χ1n) is 9.62. The van der Waals surface area contributed by atoms with Gasteiger partial charge in [0.25, 0.3) is 0 Å². The number of hydrogen-bond donors (Lipinski definition) is 2. The highest BCUT2D eigenvalue weighted by Gasteiger charge is 2.13. The van der Waals surface area contributed by atoms with E-state index < -0.39 is 0 Å². The van der Waals surface area contributed by atoms with Crippen LogP contribution in [0.1, 0.15) is 31.2 Å². The molecular formula is C20H32FN3O2. The number of rotatable bonds is 10. The molecule has 1 aliphatic rings. The van der Waals surface area contributed by atoms with Gasteiger partial charge in [0.1, 0.15) is 5.82 Å². The van der Waals surface area contributed by atoms with Crippen LogP contribution in [0.4, 0.5) is 4.39 Å². The van der Waals surface area contributed by atoms with Crippen LogP contribution >= 0.6 is 0 Å². The molecule has 0 aliphatic carbocycles. The van der Waals surface area contributed by atoms with Crippen LogP contribution in [0.25, 0.3) is 0 Å². The first-order valence-corrected chi connectivity index (χ1v) is 9.62. The van der Waals surface area contributed by atoms with E-state index in [1.54, 1.807) is 19.2 Å². The molecule has 1 fully saturated rings. The molecule has 26 heavy (non-hydrogen) atoms. The molecule has 146 valence electrons. The second-order valence-corrected chi connectivity index (χ2v) is 6.64. The molecule has 0 radical (unpaired) electrons. The Morgan fingerprint density at radius 3 is 2.73 bits per heavy atom. The van der Waals surface area contributed by atoms with Gasteiger partial charge in [-0.15, -0.1) is 0 Å². The Hall–Kier alpha value is -1.66.